The standard InChI is InChI=1S/C30H23ClN6O5S2/c31-25-24(26(40)41)37-22(39)16-23(37)43-30(25,27-34-28(32)44-36-27)35-21(38)17-33-42-29(18-10-4-1-5-11-18,19-12-6-2-7-13-19)20-14-8-3-9-15-20/h1-15,17,23H,16H2,(H,35,38)(H,40,41)(H2,32,34,36)/b33-17-/t23-,30?/m1/s1. The Morgan fingerprint density at radius 3 is 2.05 bits per heavy atom. The van der Waals surface area contributed by atoms with Gasteiger partial charge in [-0.2, -0.15) is 9.36 Å². The minimum absolute atomic E-state index is 0.0254. The summed E-state index contributed by atoms with van der Waals surface area (Å²) in [5.74, 6) is -2.65. The van der Waals surface area contributed by atoms with E-state index in [0.717, 1.165) is 51.1 Å². The quantitative estimate of drug-likeness (QED) is 0.105. The Bertz CT molecular complexity index is 1690. The van der Waals surface area contributed by atoms with Gasteiger partial charge in [0.15, 0.2) is 15.8 Å². The number of hydrogen-bond donors (Lipinski definition) is 3. The van der Waals surface area contributed by atoms with E-state index in [1.165, 1.54) is 0 Å². The van der Waals surface area contributed by atoms with Crippen LogP contribution in [0.5, 0.6) is 0 Å². The molecule has 6 rings (SSSR count). The SMILES string of the molecule is Nc1nc(C2(NC(=O)/C=N\OC(c3ccccc3)(c3ccccc3)c3ccccc3)S[C@@H]3CC(=O)N3C(C(=O)O)=C2Cl)ns1. The number of nitrogens with one attached hydrogen (secondary N) is 1. The zero-order chi connectivity index (χ0) is 30.9. The number of fused-ring (bicyclic) bond motifs is 1. The van der Waals surface area contributed by atoms with Gasteiger partial charge in [-0.15, -0.1) is 0 Å². The summed E-state index contributed by atoms with van der Waals surface area (Å²) in [6.45, 7) is 0. The lowest BCUT2D eigenvalue weighted by atomic mass is 9.80. The largest absolute Gasteiger partial charge is 0.477 e. The Morgan fingerprint density at radius 1 is 1.05 bits per heavy atom. The molecule has 44 heavy (non-hydrogen) atoms. The summed E-state index contributed by atoms with van der Waals surface area (Å²) in [6, 6.07) is 28.4. The maximum Gasteiger partial charge on any atom is 0.354 e. The fourth-order valence-electron chi connectivity index (χ4n) is 5.18. The molecule has 4 N–H and O–H groups in total. The average Bonchev–Trinajstić information content (AvgIpc) is 3.48. The van der Waals surface area contributed by atoms with Crippen molar-refractivity contribution >= 4 is 64.0 Å². The number of benzene rings is 3. The van der Waals surface area contributed by atoms with Crippen LogP contribution in [0.1, 0.15) is 28.9 Å². The van der Waals surface area contributed by atoms with E-state index in [2.05, 4.69) is 19.8 Å². The number of carbonyl (C=O) groups excluding carboxylic acids is 2. The van der Waals surface area contributed by atoms with Crippen molar-refractivity contribution in [3.63, 3.8) is 0 Å². The molecule has 0 spiro atoms. The van der Waals surface area contributed by atoms with E-state index >= 15 is 0 Å². The van der Waals surface area contributed by atoms with Crippen LogP contribution in [-0.4, -0.2) is 48.7 Å². The number of rotatable bonds is 9. The third-order valence-electron chi connectivity index (χ3n) is 7.14. The Hall–Kier alpha value is -4.72. The summed E-state index contributed by atoms with van der Waals surface area (Å²) in [6.07, 6.45) is 0.971. The van der Waals surface area contributed by atoms with Gasteiger partial charge in [-0.05, 0) is 0 Å². The lowest BCUT2D eigenvalue weighted by Gasteiger charge is -2.49. The molecule has 1 fully saturated rings. The number of oxime groups is 1. The van der Waals surface area contributed by atoms with Crippen LogP contribution in [0.25, 0.3) is 0 Å². The van der Waals surface area contributed by atoms with Crippen molar-refractivity contribution in [1.29, 1.82) is 0 Å². The summed E-state index contributed by atoms with van der Waals surface area (Å²) in [7, 11) is 0. The number of nitrogen functional groups attached to an aromatic ring is 1. The number of aromatic nitrogens is 2. The fraction of sp³-hybridized carbons (Fsp3) is 0.133. The summed E-state index contributed by atoms with van der Waals surface area (Å²) < 4.78 is 4.23. The highest BCUT2D eigenvalue weighted by Crippen LogP contribution is 2.54. The lowest BCUT2D eigenvalue weighted by molar-refractivity contribution is -0.146. The van der Waals surface area contributed by atoms with E-state index < -0.39 is 39.3 Å². The molecule has 0 saturated carbocycles. The summed E-state index contributed by atoms with van der Waals surface area (Å²) in [5, 5.41) is 15.9. The third-order valence-corrected chi connectivity index (χ3v) is 9.74. The number of carbonyl (C=O) groups is 3. The molecule has 2 amide bonds. The van der Waals surface area contributed by atoms with Crippen molar-refractivity contribution in [3.05, 3.63) is 124 Å². The first kappa shape index (κ1) is 29.4. The first-order valence-corrected chi connectivity index (χ1v) is 15.2. The monoisotopic (exact) mass is 646 g/mol. The van der Waals surface area contributed by atoms with E-state index in [0.29, 0.717) is 0 Å². The number of nitrogens with two attached hydrogens (primary N) is 1. The Balaban J connectivity index is 1.39. The average molecular weight is 647 g/mol. The zero-order valence-corrected chi connectivity index (χ0v) is 25.1. The van der Waals surface area contributed by atoms with Crippen LogP contribution >= 0.6 is 34.9 Å². The highest BCUT2D eigenvalue weighted by molar-refractivity contribution is 8.01. The van der Waals surface area contributed by atoms with Gasteiger partial charge < -0.3 is 21.0 Å². The van der Waals surface area contributed by atoms with Gasteiger partial charge >= 0.3 is 5.97 Å². The number of carboxylic acids is 1. The van der Waals surface area contributed by atoms with Gasteiger partial charge in [-0.25, -0.2) is 4.79 Å². The number of anilines is 1. The molecule has 3 heterocycles. The second kappa shape index (κ2) is 11.8. The minimum atomic E-state index is -1.76. The number of carboxylic acid groups (broad SMARTS) is 1. The third kappa shape index (κ3) is 4.98. The molecule has 2 aliphatic rings. The predicted octanol–water partition coefficient (Wildman–Crippen LogP) is 4.22. The highest BCUT2D eigenvalue weighted by Gasteiger charge is 2.57. The molecule has 2 aliphatic heterocycles. The number of aliphatic carboxylic acids is 1. The molecular formula is C30H23ClN6O5S2. The van der Waals surface area contributed by atoms with E-state index in [1.54, 1.807) is 0 Å². The Morgan fingerprint density at radius 2 is 1.59 bits per heavy atom. The van der Waals surface area contributed by atoms with Crippen LogP contribution in [-0.2, 0) is 29.7 Å². The highest BCUT2D eigenvalue weighted by atomic mass is 35.5. The molecule has 14 heteroatoms. The maximum atomic E-state index is 13.5. The van der Waals surface area contributed by atoms with Crippen molar-refractivity contribution in [3.8, 4) is 0 Å². The van der Waals surface area contributed by atoms with Crippen LogP contribution < -0.4 is 11.1 Å². The summed E-state index contributed by atoms with van der Waals surface area (Å²) in [4.78, 5) is 47.9. The molecule has 222 valence electrons. The molecule has 0 bridgehead atoms. The number of hydrogen-bond acceptors (Lipinski definition) is 10. The van der Waals surface area contributed by atoms with Crippen LogP contribution in [0, 0.1) is 0 Å². The number of halogens is 1. The lowest BCUT2D eigenvalue weighted by Crippen LogP contribution is -2.60. The second-order valence-corrected chi connectivity index (χ2v) is 12.3. The van der Waals surface area contributed by atoms with Gasteiger partial charge in [0.2, 0.25) is 11.5 Å². The molecular weight excluding hydrogens is 624 g/mol. The van der Waals surface area contributed by atoms with Crippen molar-refractivity contribution in [2.24, 2.45) is 5.16 Å². The number of thioether (sulfide) groups is 1. The molecule has 0 radical (unpaired) electrons. The van der Waals surface area contributed by atoms with E-state index in [-0.39, 0.29) is 22.4 Å². The van der Waals surface area contributed by atoms with Crippen molar-refractivity contribution in [2.75, 3.05) is 5.73 Å². The molecule has 3 aromatic carbocycles. The molecule has 1 aromatic heterocycles. The van der Waals surface area contributed by atoms with Crippen LogP contribution in [0.15, 0.2) is 107 Å². The summed E-state index contributed by atoms with van der Waals surface area (Å²) >= 11 is 8.56. The van der Waals surface area contributed by atoms with Crippen LogP contribution in [0.4, 0.5) is 5.13 Å². The number of β-lactam (4-membered cyclic amide) rings is 1. The number of nitrogens with zero attached hydrogens (tertiary/aromatic N) is 4. The normalized spacial score (nSPS) is 19.8. The van der Waals surface area contributed by atoms with Crippen molar-refractivity contribution in [1.82, 2.24) is 19.6 Å². The number of amides is 2. The molecule has 1 saturated heterocycles. The Labute approximate surface area is 264 Å². The smallest absolute Gasteiger partial charge is 0.354 e. The van der Waals surface area contributed by atoms with E-state index in [1.807, 2.05) is 91.0 Å². The van der Waals surface area contributed by atoms with Crippen LogP contribution in [0.3, 0.4) is 0 Å². The summed E-state index contributed by atoms with van der Waals surface area (Å²) in [5.41, 5.74) is 6.44. The predicted molar refractivity (Wildman–Crippen MR) is 166 cm³/mol. The van der Waals surface area contributed by atoms with Gasteiger partial charge in [0.1, 0.15) is 11.9 Å². The first-order chi connectivity index (χ1) is 21.3. The zero-order valence-electron chi connectivity index (χ0n) is 22.7. The van der Waals surface area contributed by atoms with Gasteiger partial charge in [0.25, 0.3) is 5.91 Å². The fourth-order valence-corrected chi connectivity index (χ4v) is 7.68. The topological polar surface area (TPSA) is 160 Å². The molecule has 0 aliphatic carbocycles. The van der Waals surface area contributed by atoms with E-state index in [4.69, 9.17) is 22.2 Å². The van der Waals surface area contributed by atoms with Gasteiger partial charge in [-0.1, -0.05) is 120 Å². The molecule has 11 nitrogen and oxygen atoms in total. The molecule has 4 aromatic rings. The first-order valence-electron chi connectivity index (χ1n) is 13.2. The molecule has 2 atom stereocenters. The van der Waals surface area contributed by atoms with Crippen molar-refractivity contribution < 1.29 is 24.3 Å². The minimum Gasteiger partial charge on any atom is -0.477 e. The van der Waals surface area contributed by atoms with Gasteiger partial charge in [0, 0.05) is 28.2 Å². The second-order valence-electron chi connectivity index (χ2n) is 9.74. The maximum absolute atomic E-state index is 13.5. The van der Waals surface area contributed by atoms with Gasteiger partial charge in [-0.3, -0.25) is 14.5 Å². The van der Waals surface area contributed by atoms with Gasteiger partial charge in [0.05, 0.1) is 16.8 Å². The Kier molecular flexibility index (Phi) is 7.84. The van der Waals surface area contributed by atoms with Crippen molar-refractivity contribution in [2.45, 2.75) is 22.3 Å². The molecule has 1 unspecified atom stereocenters. The van der Waals surface area contributed by atoms with E-state index in [9.17, 15) is 19.5 Å². The van der Waals surface area contributed by atoms with Crippen LogP contribution in [0.2, 0.25) is 0 Å².